The molecule has 0 fully saturated rings. The fourth-order valence-electron chi connectivity index (χ4n) is 1.90. The molecule has 5 nitrogen and oxygen atoms in total. The molecule has 0 saturated heterocycles. The van der Waals surface area contributed by atoms with E-state index in [-0.39, 0.29) is 29.7 Å². The minimum Gasteiger partial charge on any atom is -0.366 e. The smallest absolute Gasteiger partial charge is 0.270 e. The van der Waals surface area contributed by atoms with Crippen molar-refractivity contribution in [2.75, 3.05) is 6.61 Å². The molecule has 0 N–H and O–H groups in total. The van der Waals surface area contributed by atoms with Gasteiger partial charge in [-0.2, -0.15) is 0 Å². The topological polar surface area (TPSA) is 69.4 Å². The molecule has 0 aliphatic carbocycles. The molecule has 0 aliphatic rings. The SMILES string of the molecule is CC(OCC(=O)c1cccc([N+](=O)[O-])c1)c1ccccc1. The number of hydrogen-bond donors (Lipinski definition) is 0. The predicted octanol–water partition coefficient (Wildman–Crippen LogP) is 3.56. The highest BCUT2D eigenvalue weighted by molar-refractivity contribution is 5.97. The lowest BCUT2D eigenvalue weighted by atomic mass is 10.1. The largest absolute Gasteiger partial charge is 0.366 e. The van der Waals surface area contributed by atoms with Crippen molar-refractivity contribution in [2.24, 2.45) is 0 Å². The van der Waals surface area contributed by atoms with Gasteiger partial charge in [-0.25, -0.2) is 0 Å². The van der Waals surface area contributed by atoms with Crippen LogP contribution in [0.3, 0.4) is 0 Å². The summed E-state index contributed by atoms with van der Waals surface area (Å²) in [7, 11) is 0. The third-order valence-electron chi connectivity index (χ3n) is 3.11. The number of non-ortho nitro benzene ring substituents is 1. The molecule has 2 rings (SSSR count). The number of rotatable bonds is 6. The van der Waals surface area contributed by atoms with Crippen LogP contribution in [0.2, 0.25) is 0 Å². The number of carbonyl (C=O) groups excluding carboxylic acids is 1. The van der Waals surface area contributed by atoms with E-state index in [9.17, 15) is 14.9 Å². The van der Waals surface area contributed by atoms with Crippen LogP contribution in [-0.4, -0.2) is 17.3 Å². The van der Waals surface area contributed by atoms with E-state index < -0.39 is 4.92 Å². The molecule has 0 amide bonds. The lowest BCUT2D eigenvalue weighted by molar-refractivity contribution is -0.384. The van der Waals surface area contributed by atoms with E-state index in [1.165, 1.54) is 18.2 Å². The number of benzene rings is 2. The predicted molar refractivity (Wildman–Crippen MR) is 78.2 cm³/mol. The molecule has 1 atom stereocenters. The third-order valence-corrected chi connectivity index (χ3v) is 3.11. The van der Waals surface area contributed by atoms with E-state index in [1.807, 2.05) is 37.3 Å². The minimum absolute atomic E-state index is 0.100. The van der Waals surface area contributed by atoms with Gasteiger partial charge in [0, 0.05) is 17.7 Å². The molecular formula is C16H15NO4. The van der Waals surface area contributed by atoms with Gasteiger partial charge in [-0.3, -0.25) is 14.9 Å². The third kappa shape index (κ3) is 3.97. The van der Waals surface area contributed by atoms with Crippen LogP contribution in [0.5, 0.6) is 0 Å². The van der Waals surface area contributed by atoms with Crippen molar-refractivity contribution >= 4 is 11.5 Å². The average Bonchev–Trinajstić information content (AvgIpc) is 2.53. The number of carbonyl (C=O) groups is 1. The standard InChI is InChI=1S/C16H15NO4/c1-12(13-6-3-2-4-7-13)21-11-16(18)14-8-5-9-15(10-14)17(19)20/h2-10,12H,11H2,1H3. The van der Waals surface area contributed by atoms with Gasteiger partial charge in [0.15, 0.2) is 5.78 Å². The molecule has 0 bridgehead atoms. The summed E-state index contributed by atoms with van der Waals surface area (Å²) in [4.78, 5) is 22.2. The number of Topliss-reactive ketones (excluding diaryl/α,β-unsaturated/α-hetero) is 1. The summed E-state index contributed by atoms with van der Waals surface area (Å²) in [5.74, 6) is -0.276. The molecular weight excluding hydrogens is 270 g/mol. The maximum absolute atomic E-state index is 12.0. The van der Waals surface area contributed by atoms with E-state index in [2.05, 4.69) is 0 Å². The Balaban J connectivity index is 1.99. The molecule has 0 saturated carbocycles. The minimum atomic E-state index is -0.524. The van der Waals surface area contributed by atoms with Crippen molar-refractivity contribution in [3.63, 3.8) is 0 Å². The molecule has 5 heteroatoms. The number of ketones is 1. The summed E-state index contributed by atoms with van der Waals surface area (Å²) in [6.07, 6.45) is -0.214. The van der Waals surface area contributed by atoms with Gasteiger partial charge in [-0.05, 0) is 12.5 Å². The highest BCUT2D eigenvalue weighted by Gasteiger charge is 2.13. The molecule has 2 aromatic carbocycles. The molecule has 1 unspecified atom stereocenters. The van der Waals surface area contributed by atoms with E-state index in [1.54, 1.807) is 6.07 Å². The molecule has 108 valence electrons. The van der Waals surface area contributed by atoms with Gasteiger partial charge in [-0.1, -0.05) is 42.5 Å². The van der Waals surface area contributed by atoms with Crippen molar-refractivity contribution in [1.82, 2.24) is 0 Å². The summed E-state index contributed by atoms with van der Waals surface area (Å²) in [5, 5.41) is 10.7. The maximum Gasteiger partial charge on any atom is 0.270 e. The molecule has 0 aromatic heterocycles. The Morgan fingerprint density at radius 1 is 1.19 bits per heavy atom. The highest BCUT2D eigenvalue weighted by Crippen LogP contribution is 2.17. The Labute approximate surface area is 122 Å². The Hall–Kier alpha value is -2.53. The number of nitro groups is 1. The average molecular weight is 285 g/mol. The zero-order valence-electron chi connectivity index (χ0n) is 11.6. The Morgan fingerprint density at radius 2 is 1.90 bits per heavy atom. The van der Waals surface area contributed by atoms with Crippen LogP contribution >= 0.6 is 0 Å². The molecule has 0 radical (unpaired) electrons. The summed E-state index contributed by atoms with van der Waals surface area (Å²) in [6.45, 7) is 1.74. The van der Waals surface area contributed by atoms with Gasteiger partial charge in [0.2, 0.25) is 0 Å². The first kappa shape index (κ1) is 14.9. The molecule has 0 spiro atoms. The van der Waals surface area contributed by atoms with E-state index in [0.29, 0.717) is 0 Å². The zero-order valence-corrected chi connectivity index (χ0v) is 11.6. The summed E-state index contributed by atoms with van der Waals surface area (Å²) >= 11 is 0. The van der Waals surface area contributed by atoms with Gasteiger partial charge < -0.3 is 4.74 Å². The first-order valence-corrected chi connectivity index (χ1v) is 6.52. The first-order chi connectivity index (χ1) is 10.1. The number of hydrogen-bond acceptors (Lipinski definition) is 4. The van der Waals surface area contributed by atoms with Gasteiger partial charge in [0.05, 0.1) is 11.0 Å². The molecule has 0 heterocycles. The van der Waals surface area contributed by atoms with E-state index in [4.69, 9.17) is 4.74 Å². The number of nitrogens with zero attached hydrogens (tertiary/aromatic N) is 1. The monoisotopic (exact) mass is 285 g/mol. The maximum atomic E-state index is 12.0. The lowest BCUT2D eigenvalue weighted by Gasteiger charge is -2.12. The molecule has 2 aromatic rings. The fraction of sp³-hybridized carbons (Fsp3) is 0.188. The van der Waals surface area contributed by atoms with Crippen LogP contribution in [0, 0.1) is 10.1 Å². The number of nitro benzene ring substituents is 1. The van der Waals surface area contributed by atoms with Crippen molar-refractivity contribution in [3.05, 3.63) is 75.8 Å². The first-order valence-electron chi connectivity index (χ1n) is 6.52. The second-order valence-electron chi connectivity index (χ2n) is 4.59. The second-order valence-corrected chi connectivity index (χ2v) is 4.59. The Morgan fingerprint density at radius 3 is 2.57 bits per heavy atom. The van der Waals surface area contributed by atoms with E-state index >= 15 is 0 Å². The van der Waals surface area contributed by atoms with Crippen LogP contribution in [-0.2, 0) is 4.74 Å². The van der Waals surface area contributed by atoms with Crippen LogP contribution in [0.15, 0.2) is 54.6 Å². The van der Waals surface area contributed by atoms with Gasteiger partial charge >= 0.3 is 0 Å². The highest BCUT2D eigenvalue weighted by atomic mass is 16.6. The van der Waals surface area contributed by atoms with E-state index in [0.717, 1.165) is 5.56 Å². The van der Waals surface area contributed by atoms with Crippen LogP contribution in [0.1, 0.15) is 28.9 Å². The van der Waals surface area contributed by atoms with Gasteiger partial charge in [0.25, 0.3) is 5.69 Å². The lowest BCUT2D eigenvalue weighted by Crippen LogP contribution is -2.11. The number of ether oxygens (including phenoxy) is 1. The van der Waals surface area contributed by atoms with Gasteiger partial charge in [-0.15, -0.1) is 0 Å². The quantitative estimate of drug-likeness (QED) is 0.462. The fourth-order valence-corrected chi connectivity index (χ4v) is 1.90. The summed E-state index contributed by atoms with van der Waals surface area (Å²) in [6, 6.07) is 15.2. The van der Waals surface area contributed by atoms with Crippen LogP contribution in [0.4, 0.5) is 5.69 Å². The van der Waals surface area contributed by atoms with Crippen LogP contribution in [0.25, 0.3) is 0 Å². The van der Waals surface area contributed by atoms with Crippen molar-refractivity contribution in [2.45, 2.75) is 13.0 Å². The van der Waals surface area contributed by atoms with Crippen molar-refractivity contribution in [1.29, 1.82) is 0 Å². The van der Waals surface area contributed by atoms with Crippen molar-refractivity contribution < 1.29 is 14.5 Å². The molecule has 0 aliphatic heterocycles. The summed E-state index contributed by atoms with van der Waals surface area (Å²) in [5.41, 5.74) is 1.16. The Bertz CT molecular complexity index is 640. The second kappa shape index (κ2) is 6.76. The normalized spacial score (nSPS) is 11.9. The molecule has 21 heavy (non-hydrogen) atoms. The summed E-state index contributed by atoms with van der Waals surface area (Å²) < 4.78 is 5.53. The van der Waals surface area contributed by atoms with Gasteiger partial charge in [0.1, 0.15) is 6.61 Å². The Kier molecular flexibility index (Phi) is 4.79. The zero-order chi connectivity index (χ0) is 15.2. The van der Waals surface area contributed by atoms with Crippen molar-refractivity contribution in [3.8, 4) is 0 Å². The van der Waals surface area contributed by atoms with Crippen LogP contribution < -0.4 is 0 Å².